The Balaban J connectivity index is 3.06. The van der Waals surface area contributed by atoms with E-state index >= 15 is 0 Å². The van der Waals surface area contributed by atoms with Crippen LogP contribution < -0.4 is 10.2 Å². The number of rotatable bonds is 9. The molecule has 0 bridgehead atoms. The van der Waals surface area contributed by atoms with Crippen LogP contribution in [0.2, 0.25) is 0 Å². The molecule has 1 aromatic carbocycles. The maximum atomic E-state index is 12.3. The second-order valence-electron chi connectivity index (χ2n) is 6.86. The van der Waals surface area contributed by atoms with Crippen molar-refractivity contribution in [1.29, 1.82) is 0 Å². The minimum absolute atomic E-state index is 0.0420. The molecule has 2 amide bonds. The van der Waals surface area contributed by atoms with E-state index in [-0.39, 0.29) is 18.2 Å². The molecule has 0 aliphatic rings. The Morgan fingerprint density at radius 1 is 1.12 bits per heavy atom. The SMILES string of the molecule is COCCNC(=O)CCN(C(C)=O)c1c(C(C)C)cccc1C(C)C. The molecule has 0 atom stereocenters. The van der Waals surface area contributed by atoms with Gasteiger partial charge in [-0.1, -0.05) is 45.9 Å². The fourth-order valence-electron chi connectivity index (χ4n) is 2.84. The standard InChI is InChI=1S/C20H32N2O3/c1-14(2)17-8-7-9-18(15(3)4)20(17)22(16(5)23)12-10-19(24)21-11-13-25-6/h7-9,14-15H,10-13H2,1-6H3,(H,21,24). The molecule has 5 heteroatoms. The quantitative estimate of drug-likeness (QED) is 0.696. The van der Waals surface area contributed by atoms with Crippen molar-refractivity contribution in [3.8, 4) is 0 Å². The Bertz CT molecular complexity index is 556. The molecular weight excluding hydrogens is 316 g/mol. The topological polar surface area (TPSA) is 58.6 Å². The van der Waals surface area contributed by atoms with Crippen LogP contribution in [0.3, 0.4) is 0 Å². The molecule has 0 spiro atoms. The average Bonchev–Trinajstić information content (AvgIpc) is 2.54. The highest BCUT2D eigenvalue weighted by molar-refractivity contribution is 5.94. The molecule has 0 fully saturated rings. The van der Waals surface area contributed by atoms with E-state index in [1.165, 1.54) is 0 Å². The molecule has 0 aromatic heterocycles. The Morgan fingerprint density at radius 3 is 2.12 bits per heavy atom. The van der Waals surface area contributed by atoms with Crippen molar-refractivity contribution >= 4 is 17.5 Å². The van der Waals surface area contributed by atoms with Crippen molar-refractivity contribution in [2.24, 2.45) is 0 Å². The molecule has 0 radical (unpaired) electrons. The van der Waals surface area contributed by atoms with E-state index in [0.717, 1.165) is 16.8 Å². The smallest absolute Gasteiger partial charge is 0.223 e. The zero-order chi connectivity index (χ0) is 19.0. The Hall–Kier alpha value is -1.88. The van der Waals surface area contributed by atoms with Crippen molar-refractivity contribution < 1.29 is 14.3 Å². The molecule has 1 rings (SSSR count). The number of anilines is 1. The third-order valence-corrected chi connectivity index (χ3v) is 4.18. The molecule has 0 heterocycles. The molecule has 0 unspecified atom stereocenters. The second-order valence-corrected chi connectivity index (χ2v) is 6.86. The predicted octanol–water partition coefficient (Wildman–Crippen LogP) is 3.44. The number of ether oxygens (including phenoxy) is 1. The van der Waals surface area contributed by atoms with Gasteiger partial charge in [0.1, 0.15) is 0 Å². The van der Waals surface area contributed by atoms with Crippen LogP contribution in [0.1, 0.15) is 64.0 Å². The number of carbonyl (C=O) groups is 2. The summed E-state index contributed by atoms with van der Waals surface area (Å²) in [5, 5.41) is 2.80. The number of methoxy groups -OCH3 is 1. The summed E-state index contributed by atoms with van der Waals surface area (Å²) >= 11 is 0. The number of para-hydroxylation sites is 1. The summed E-state index contributed by atoms with van der Waals surface area (Å²) in [6.45, 7) is 11.4. The van der Waals surface area contributed by atoms with Crippen molar-refractivity contribution in [3.05, 3.63) is 29.3 Å². The number of benzene rings is 1. The summed E-state index contributed by atoms with van der Waals surface area (Å²) in [5.41, 5.74) is 3.24. The third-order valence-electron chi connectivity index (χ3n) is 4.18. The highest BCUT2D eigenvalue weighted by Crippen LogP contribution is 2.35. The zero-order valence-corrected chi connectivity index (χ0v) is 16.4. The van der Waals surface area contributed by atoms with Gasteiger partial charge < -0.3 is 15.0 Å². The molecule has 0 saturated heterocycles. The average molecular weight is 348 g/mol. The van der Waals surface area contributed by atoms with Gasteiger partial charge in [-0.15, -0.1) is 0 Å². The normalized spacial score (nSPS) is 11.0. The fourth-order valence-corrected chi connectivity index (χ4v) is 2.84. The summed E-state index contributed by atoms with van der Waals surface area (Å²) in [7, 11) is 1.60. The van der Waals surface area contributed by atoms with Gasteiger partial charge in [-0.3, -0.25) is 9.59 Å². The number of nitrogens with zero attached hydrogens (tertiary/aromatic N) is 1. The molecule has 0 aliphatic heterocycles. The third kappa shape index (κ3) is 6.16. The summed E-state index contributed by atoms with van der Waals surface area (Å²) < 4.78 is 4.93. The minimum Gasteiger partial charge on any atom is -0.383 e. The van der Waals surface area contributed by atoms with Crippen LogP contribution in [0.25, 0.3) is 0 Å². The van der Waals surface area contributed by atoms with Crippen molar-refractivity contribution in [2.45, 2.75) is 52.9 Å². The highest BCUT2D eigenvalue weighted by atomic mass is 16.5. The Morgan fingerprint density at radius 2 is 1.68 bits per heavy atom. The van der Waals surface area contributed by atoms with Gasteiger partial charge in [-0.2, -0.15) is 0 Å². The van der Waals surface area contributed by atoms with Crippen molar-refractivity contribution in [3.63, 3.8) is 0 Å². The van der Waals surface area contributed by atoms with E-state index in [2.05, 4.69) is 45.1 Å². The van der Waals surface area contributed by atoms with E-state index in [1.54, 1.807) is 18.9 Å². The van der Waals surface area contributed by atoms with Crippen LogP contribution in [0.4, 0.5) is 5.69 Å². The first-order chi connectivity index (χ1) is 11.8. The lowest BCUT2D eigenvalue weighted by Crippen LogP contribution is -2.36. The van der Waals surface area contributed by atoms with Gasteiger partial charge in [0.25, 0.3) is 0 Å². The van der Waals surface area contributed by atoms with Crippen LogP contribution >= 0.6 is 0 Å². The lowest BCUT2D eigenvalue weighted by Gasteiger charge is -2.29. The first-order valence-electron chi connectivity index (χ1n) is 8.96. The number of carbonyl (C=O) groups excluding carboxylic acids is 2. The molecule has 0 saturated carbocycles. The van der Waals surface area contributed by atoms with E-state index in [0.29, 0.717) is 31.5 Å². The van der Waals surface area contributed by atoms with E-state index in [1.807, 2.05) is 6.07 Å². The van der Waals surface area contributed by atoms with E-state index < -0.39 is 0 Å². The van der Waals surface area contributed by atoms with E-state index in [4.69, 9.17) is 4.74 Å². The largest absolute Gasteiger partial charge is 0.383 e. The maximum Gasteiger partial charge on any atom is 0.223 e. The lowest BCUT2D eigenvalue weighted by atomic mass is 9.91. The lowest BCUT2D eigenvalue weighted by molar-refractivity contribution is -0.121. The number of nitrogens with one attached hydrogen (secondary N) is 1. The maximum absolute atomic E-state index is 12.3. The van der Waals surface area contributed by atoms with Gasteiger partial charge >= 0.3 is 0 Å². The van der Waals surface area contributed by atoms with Crippen molar-refractivity contribution in [1.82, 2.24) is 5.32 Å². The highest BCUT2D eigenvalue weighted by Gasteiger charge is 2.22. The van der Waals surface area contributed by atoms with Gasteiger partial charge in [-0.25, -0.2) is 0 Å². The van der Waals surface area contributed by atoms with Crippen LogP contribution in [-0.2, 0) is 14.3 Å². The van der Waals surface area contributed by atoms with Crippen LogP contribution in [0.5, 0.6) is 0 Å². The van der Waals surface area contributed by atoms with Gasteiger partial charge in [-0.05, 0) is 23.0 Å². The first-order valence-corrected chi connectivity index (χ1v) is 8.96. The van der Waals surface area contributed by atoms with Crippen LogP contribution in [-0.4, -0.2) is 38.6 Å². The molecular formula is C20H32N2O3. The molecule has 5 nitrogen and oxygen atoms in total. The molecule has 140 valence electrons. The molecule has 0 aliphatic carbocycles. The minimum atomic E-state index is -0.0728. The Labute approximate surface area is 151 Å². The van der Waals surface area contributed by atoms with Crippen LogP contribution in [0.15, 0.2) is 18.2 Å². The van der Waals surface area contributed by atoms with Crippen molar-refractivity contribution in [2.75, 3.05) is 31.7 Å². The van der Waals surface area contributed by atoms with Gasteiger partial charge in [0.15, 0.2) is 0 Å². The van der Waals surface area contributed by atoms with Gasteiger partial charge in [0.2, 0.25) is 11.8 Å². The fraction of sp³-hybridized carbons (Fsp3) is 0.600. The second kappa shape index (κ2) is 10.2. The summed E-state index contributed by atoms with van der Waals surface area (Å²) in [6.07, 6.45) is 0.271. The van der Waals surface area contributed by atoms with Gasteiger partial charge in [0, 0.05) is 33.5 Å². The van der Waals surface area contributed by atoms with Crippen LogP contribution in [0, 0.1) is 0 Å². The Kier molecular flexibility index (Phi) is 8.62. The van der Waals surface area contributed by atoms with E-state index in [9.17, 15) is 9.59 Å². The zero-order valence-electron chi connectivity index (χ0n) is 16.4. The number of hydrogen-bond acceptors (Lipinski definition) is 3. The summed E-state index contributed by atoms with van der Waals surface area (Å²) in [5.74, 6) is 0.480. The molecule has 25 heavy (non-hydrogen) atoms. The first kappa shape index (κ1) is 21.2. The molecule has 1 aromatic rings. The molecule has 1 N–H and O–H groups in total. The summed E-state index contributed by atoms with van der Waals surface area (Å²) in [4.78, 5) is 26.1. The monoisotopic (exact) mass is 348 g/mol. The van der Waals surface area contributed by atoms with Gasteiger partial charge in [0.05, 0.1) is 12.3 Å². The predicted molar refractivity (Wildman–Crippen MR) is 102 cm³/mol. The number of amides is 2. The summed E-state index contributed by atoms with van der Waals surface area (Å²) in [6, 6.07) is 6.19. The number of hydrogen-bond donors (Lipinski definition) is 1.